The van der Waals surface area contributed by atoms with E-state index in [4.69, 9.17) is 21.1 Å². The number of aromatic nitrogens is 1. The number of benzene rings is 2. The zero-order chi connectivity index (χ0) is 21.7. The van der Waals surface area contributed by atoms with E-state index in [1.165, 1.54) is 7.11 Å². The molecule has 1 heterocycles. The van der Waals surface area contributed by atoms with Crippen molar-refractivity contribution in [1.29, 1.82) is 0 Å². The summed E-state index contributed by atoms with van der Waals surface area (Å²) >= 11 is 5.93. The van der Waals surface area contributed by atoms with E-state index in [1.54, 1.807) is 56.4 Å². The second-order valence-corrected chi connectivity index (χ2v) is 7.98. The number of hydrogen-bond acceptors (Lipinski definition) is 4. The summed E-state index contributed by atoms with van der Waals surface area (Å²) in [6, 6.07) is 14.4. The molecule has 1 aromatic heterocycles. The van der Waals surface area contributed by atoms with Gasteiger partial charge in [-0.1, -0.05) is 23.7 Å². The van der Waals surface area contributed by atoms with E-state index in [2.05, 4.69) is 10.3 Å². The van der Waals surface area contributed by atoms with Crippen molar-refractivity contribution in [2.24, 2.45) is 0 Å². The van der Waals surface area contributed by atoms with Gasteiger partial charge < -0.3 is 24.9 Å². The highest BCUT2D eigenvalue weighted by atomic mass is 35.5. The van der Waals surface area contributed by atoms with Gasteiger partial charge in [-0.25, -0.2) is 0 Å². The summed E-state index contributed by atoms with van der Waals surface area (Å²) < 4.78 is 11.1. The Hall–Kier alpha value is -2.96. The van der Waals surface area contributed by atoms with Crippen LogP contribution < -0.4 is 14.8 Å². The van der Waals surface area contributed by atoms with Gasteiger partial charge in [0, 0.05) is 29.4 Å². The zero-order valence-electron chi connectivity index (χ0n) is 17.2. The van der Waals surface area contributed by atoms with Gasteiger partial charge in [0.05, 0.1) is 19.3 Å². The lowest BCUT2D eigenvalue weighted by molar-refractivity contribution is 0.0549. The first-order valence-electron chi connectivity index (χ1n) is 9.54. The molecule has 0 atom stereocenters. The molecule has 158 valence electrons. The Balaban J connectivity index is 1.67. The van der Waals surface area contributed by atoms with E-state index in [0.717, 1.165) is 11.1 Å². The summed E-state index contributed by atoms with van der Waals surface area (Å²) in [7, 11) is 1.53. The van der Waals surface area contributed by atoms with Crippen LogP contribution in [0.5, 0.6) is 11.5 Å². The minimum absolute atomic E-state index is 0.270. The molecule has 3 N–H and O–H groups in total. The maximum absolute atomic E-state index is 12.6. The van der Waals surface area contributed by atoms with Crippen molar-refractivity contribution >= 4 is 23.2 Å². The van der Waals surface area contributed by atoms with E-state index in [1.807, 2.05) is 12.1 Å². The molecule has 0 aliphatic rings. The fraction of sp³-hybridized carbons (Fsp3) is 0.261. The largest absolute Gasteiger partial charge is 0.493 e. The van der Waals surface area contributed by atoms with Gasteiger partial charge in [0.25, 0.3) is 5.91 Å². The first kappa shape index (κ1) is 21.7. The maximum Gasteiger partial charge on any atom is 0.272 e. The standard InChI is InChI=1S/C23H25ClN2O4/c1-23(2,28)10-11-30-20-9-8-18(13-21(20)29-3)26-22(27)19-12-16(14-25-19)15-4-6-17(24)7-5-15/h4-9,12-14,25,28H,10-11H2,1-3H3,(H,26,27). The fourth-order valence-corrected chi connectivity index (χ4v) is 2.93. The fourth-order valence-electron chi connectivity index (χ4n) is 2.81. The second-order valence-electron chi connectivity index (χ2n) is 7.54. The third-order valence-corrected chi connectivity index (χ3v) is 4.75. The van der Waals surface area contributed by atoms with Gasteiger partial charge in [-0.3, -0.25) is 4.79 Å². The summed E-state index contributed by atoms with van der Waals surface area (Å²) in [6.45, 7) is 3.80. The lowest BCUT2D eigenvalue weighted by atomic mass is 10.1. The molecule has 0 aliphatic heterocycles. The van der Waals surface area contributed by atoms with Crippen LogP contribution in [0.2, 0.25) is 5.02 Å². The third-order valence-electron chi connectivity index (χ3n) is 4.50. The topological polar surface area (TPSA) is 83.6 Å². The highest BCUT2D eigenvalue weighted by molar-refractivity contribution is 6.30. The maximum atomic E-state index is 12.6. The molecule has 3 rings (SSSR count). The molecule has 0 radical (unpaired) electrons. The van der Waals surface area contributed by atoms with E-state index in [-0.39, 0.29) is 5.91 Å². The Morgan fingerprint density at radius 2 is 1.83 bits per heavy atom. The van der Waals surface area contributed by atoms with Gasteiger partial charge in [0.1, 0.15) is 5.69 Å². The number of halogens is 1. The van der Waals surface area contributed by atoms with Crippen LogP contribution in [-0.4, -0.2) is 35.3 Å². The Labute approximate surface area is 180 Å². The number of ether oxygens (including phenoxy) is 2. The number of carbonyl (C=O) groups is 1. The first-order valence-corrected chi connectivity index (χ1v) is 9.92. The molecule has 6 nitrogen and oxygen atoms in total. The summed E-state index contributed by atoms with van der Waals surface area (Å²) in [4.78, 5) is 15.6. The number of aromatic amines is 1. The predicted molar refractivity (Wildman–Crippen MR) is 119 cm³/mol. The Morgan fingerprint density at radius 3 is 2.50 bits per heavy atom. The van der Waals surface area contributed by atoms with Gasteiger partial charge in [0.2, 0.25) is 0 Å². The summed E-state index contributed by atoms with van der Waals surface area (Å²) in [5, 5.41) is 13.3. The van der Waals surface area contributed by atoms with Crippen molar-refractivity contribution in [3.05, 3.63) is 65.4 Å². The molecule has 0 bridgehead atoms. The van der Waals surface area contributed by atoms with E-state index in [9.17, 15) is 9.90 Å². The monoisotopic (exact) mass is 428 g/mol. The number of anilines is 1. The minimum Gasteiger partial charge on any atom is -0.493 e. The summed E-state index contributed by atoms with van der Waals surface area (Å²) in [5.41, 5.74) is 2.06. The molecule has 3 aromatic rings. The molecule has 30 heavy (non-hydrogen) atoms. The summed E-state index contributed by atoms with van der Waals surface area (Å²) in [6.07, 6.45) is 2.26. The highest BCUT2D eigenvalue weighted by Gasteiger charge is 2.15. The van der Waals surface area contributed by atoms with Crippen molar-refractivity contribution in [2.75, 3.05) is 19.0 Å². The number of rotatable bonds is 8. The molecular weight excluding hydrogens is 404 g/mol. The van der Waals surface area contributed by atoms with Crippen LogP contribution in [0.15, 0.2) is 54.7 Å². The lowest BCUT2D eigenvalue weighted by Gasteiger charge is -2.18. The van der Waals surface area contributed by atoms with Gasteiger partial charge in [0.15, 0.2) is 11.5 Å². The smallest absolute Gasteiger partial charge is 0.272 e. The van der Waals surface area contributed by atoms with Crippen LogP contribution in [0.25, 0.3) is 11.1 Å². The molecule has 0 fully saturated rings. The minimum atomic E-state index is -0.804. The number of nitrogens with one attached hydrogen (secondary N) is 2. The number of aliphatic hydroxyl groups is 1. The molecule has 0 aliphatic carbocycles. The van der Waals surface area contributed by atoms with Crippen molar-refractivity contribution in [2.45, 2.75) is 25.9 Å². The van der Waals surface area contributed by atoms with Crippen LogP contribution in [0.1, 0.15) is 30.8 Å². The average molecular weight is 429 g/mol. The quantitative estimate of drug-likeness (QED) is 0.464. The van der Waals surface area contributed by atoms with E-state index in [0.29, 0.717) is 40.9 Å². The highest BCUT2D eigenvalue weighted by Crippen LogP contribution is 2.31. The van der Waals surface area contributed by atoms with Gasteiger partial charge in [-0.2, -0.15) is 0 Å². The number of carbonyl (C=O) groups excluding carboxylic acids is 1. The second kappa shape index (κ2) is 9.24. The van der Waals surface area contributed by atoms with Crippen LogP contribution >= 0.6 is 11.6 Å². The normalized spacial score (nSPS) is 11.2. The zero-order valence-corrected chi connectivity index (χ0v) is 17.9. The number of hydrogen-bond donors (Lipinski definition) is 3. The first-order chi connectivity index (χ1) is 14.2. The van der Waals surface area contributed by atoms with Crippen molar-refractivity contribution in [3.63, 3.8) is 0 Å². The molecule has 0 unspecified atom stereocenters. The lowest BCUT2D eigenvalue weighted by Crippen LogP contribution is -2.21. The van der Waals surface area contributed by atoms with Crippen molar-refractivity contribution in [3.8, 4) is 22.6 Å². The van der Waals surface area contributed by atoms with Crippen LogP contribution in [0.4, 0.5) is 5.69 Å². The van der Waals surface area contributed by atoms with Gasteiger partial charge in [-0.05, 0) is 55.3 Å². The number of H-pyrrole nitrogens is 1. The average Bonchev–Trinajstić information content (AvgIpc) is 3.19. The van der Waals surface area contributed by atoms with Crippen LogP contribution in [0, 0.1) is 0 Å². The van der Waals surface area contributed by atoms with Crippen molar-refractivity contribution in [1.82, 2.24) is 4.98 Å². The molecule has 7 heteroatoms. The molecular formula is C23H25ClN2O4. The third kappa shape index (κ3) is 5.78. The molecule has 0 saturated carbocycles. The SMILES string of the molecule is COc1cc(NC(=O)c2cc(-c3ccc(Cl)cc3)c[nH]2)ccc1OCCC(C)(C)O. The molecule has 0 saturated heterocycles. The summed E-state index contributed by atoms with van der Waals surface area (Å²) in [5.74, 6) is 0.773. The molecule has 1 amide bonds. The Bertz CT molecular complexity index is 1010. The van der Waals surface area contributed by atoms with E-state index >= 15 is 0 Å². The molecule has 0 spiro atoms. The predicted octanol–water partition coefficient (Wildman–Crippen LogP) is 5.14. The van der Waals surface area contributed by atoms with Gasteiger partial charge >= 0.3 is 0 Å². The van der Waals surface area contributed by atoms with Crippen molar-refractivity contribution < 1.29 is 19.4 Å². The molecule has 2 aromatic carbocycles. The number of methoxy groups -OCH3 is 1. The van der Waals surface area contributed by atoms with Crippen LogP contribution in [0.3, 0.4) is 0 Å². The van der Waals surface area contributed by atoms with E-state index < -0.39 is 5.60 Å². The van der Waals surface area contributed by atoms with Gasteiger partial charge in [-0.15, -0.1) is 0 Å². The number of amides is 1. The Morgan fingerprint density at radius 1 is 1.10 bits per heavy atom. The van der Waals surface area contributed by atoms with Crippen LogP contribution in [-0.2, 0) is 0 Å². The Kier molecular flexibility index (Phi) is 6.70.